The first kappa shape index (κ1) is 38.5. The molecule has 1 aliphatic carbocycles. The van der Waals surface area contributed by atoms with Gasteiger partial charge in [-0.1, -0.05) is 77.8 Å². The number of hydrogen-bond acceptors (Lipinski definition) is 7. The van der Waals surface area contributed by atoms with Gasteiger partial charge in [-0.25, -0.2) is 4.79 Å². The van der Waals surface area contributed by atoms with Gasteiger partial charge in [0.05, 0.1) is 18.6 Å². The van der Waals surface area contributed by atoms with Crippen LogP contribution in [0.15, 0.2) is 47.5 Å². The Bertz CT molecular complexity index is 1190. The molecule has 9 heteroatoms. The van der Waals surface area contributed by atoms with Crippen LogP contribution in [0.3, 0.4) is 0 Å². The number of amides is 1. The number of carbonyl (C=O) groups excluding carboxylic acids is 3. The minimum absolute atomic E-state index is 0.00247. The summed E-state index contributed by atoms with van der Waals surface area (Å²) in [6.07, 6.45) is 9.62. The highest BCUT2D eigenvalue weighted by Crippen LogP contribution is 2.52. The van der Waals surface area contributed by atoms with Gasteiger partial charge >= 0.3 is 12.1 Å². The summed E-state index contributed by atoms with van der Waals surface area (Å²) in [6, 6.07) is 0. The molecule has 0 unspecified atom stereocenters. The maximum Gasteiger partial charge on any atom is 0.414 e. The molecule has 0 aromatic heterocycles. The van der Waals surface area contributed by atoms with Crippen LogP contribution in [0.2, 0.25) is 16.6 Å². The minimum Gasteiger partial charge on any atom is -0.538 e. The predicted molar refractivity (Wildman–Crippen MR) is 182 cm³/mol. The van der Waals surface area contributed by atoms with E-state index in [1.54, 1.807) is 21.0 Å². The van der Waals surface area contributed by atoms with Gasteiger partial charge in [-0.3, -0.25) is 9.59 Å². The fourth-order valence-corrected chi connectivity index (χ4v) is 12.1. The Balaban J connectivity index is 2.39. The molecule has 1 saturated heterocycles. The third-order valence-corrected chi connectivity index (χ3v) is 15.9. The number of methoxy groups -OCH3 is 1. The highest BCUT2D eigenvalue weighted by atomic mass is 28.4. The second-order valence-electron chi connectivity index (χ2n) is 14.5. The molecule has 1 amide bonds. The van der Waals surface area contributed by atoms with E-state index >= 15 is 0 Å². The number of Topliss-reactive ketones (excluding diaryl/α,β-unsaturated/α-hetero) is 1. The maximum absolute atomic E-state index is 14.5. The second-order valence-corrected chi connectivity index (χ2v) is 19.8. The van der Waals surface area contributed by atoms with Gasteiger partial charge in [-0.2, -0.15) is 0 Å². The number of nitrogens with zero attached hydrogens (tertiary/aromatic N) is 1. The Morgan fingerprint density at radius 3 is 2.02 bits per heavy atom. The van der Waals surface area contributed by atoms with Crippen LogP contribution in [-0.4, -0.2) is 64.0 Å². The van der Waals surface area contributed by atoms with Gasteiger partial charge in [0, 0.05) is 14.1 Å². The summed E-state index contributed by atoms with van der Waals surface area (Å²) in [6.45, 7) is 24.6. The summed E-state index contributed by atoms with van der Waals surface area (Å²) < 4.78 is 23.7. The monoisotopic (exact) mass is 645 g/mol. The van der Waals surface area contributed by atoms with Gasteiger partial charge in [0.2, 0.25) is 5.78 Å². The fourth-order valence-electron chi connectivity index (χ4n) is 6.83. The number of hydrogen-bond donors (Lipinski definition) is 0. The molecule has 4 atom stereocenters. The van der Waals surface area contributed by atoms with Crippen LogP contribution in [-0.2, 0) is 28.2 Å². The van der Waals surface area contributed by atoms with Crippen LogP contribution >= 0.6 is 0 Å². The van der Waals surface area contributed by atoms with Crippen molar-refractivity contribution in [3.05, 3.63) is 47.5 Å². The van der Waals surface area contributed by atoms with Gasteiger partial charge < -0.3 is 23.5 Å². The molecular weight excluding hydrogens is 586 g/mol. The normalized spacial score (nSPS) is 25.7. The molecule has 0 aromatic rings. The number of rotatable bonds is 16. The predicted octanol–water partition coefficient (Wildman–Crippen LogP) is 8.65. The first-order valence-corrected chi connectivity index (χ1v) is 18.5. The van der Waals surface area contributed by atoms with E-state index in [0.29, 0.717) is 0 Å². The van der Waals surface area contributed by atoms with Crippen molar-refractivity contribution < 1.29 is 33.0 Å². The molecule has 0 bridgehead atoms. The average molecular weight is 646 g/mol. The fraction of sp³-hybridized carbons (Fsp3) is 0.694. The zero-order valence-electron chi connectivity index (χ0n) is 30.2. The Kier molecular flexibility index (Phi) is 13.1. The molecule has 8 nitrogen and oxygen atoms in total. The molecule has 0 saturated carbocycles. The van der Waals surface area contributed by atoms with Gasteiger partial charge in [0.15, 0.2) is 11.5 Å². The van der Waals surface area contributed by atoms with Crippen molar-refractivity contribution >= 4 is 26.2 Å². The Morgan fingerprint density at radius 2 is 1.56 bits per heavy atom. The molecule has 2 aliphatic rings. The van der Waals surface area contributed by atoms with E-state index in [-0.39, 0.29) is 52.1 Å². The SMILES string of the molecule is C=C[C@]1(C)O[C@H]1CC/C(C)=C/CC/C(C)=C/C[C@]1(C)C(=O)C(O[Si](C(C)C)(C(C)C)C(C)C)=C(OC(=O)N(C)C)[C@H]1C(=O)OC. The van der Waals surface area contributed by atoms with Crippen molar-refractivity contribution in [3.8, 4) is 0 Å². The molecular formula is C36H59NO7Si. The number of carbonyl (C=O) groups is 3. The van der Waals surface area contributed by atoms with Gasteiger partial charge in [-0.15, -0.1) is 6.58 Å². The molecule has 45 heavy (non-hydrogen) atoms. The minimum atomic E-state index is -2.66. The summed E-state index contributed by atoms with van der Waals surface area (Å²) in [5.41, 5.74) is 1.49. The average Bonchev–Trinajstić information content (AvgIpc) is 3.58. The standard InChI is InChI=1S/C36H59NO7Si/c1-15-36(11)28(43-36)20-19-26(8)17-16-18-27(9)21-22-35(10)29(33(39)41-14)30(42-34(40)37(12)13)31(32(35)38)44-45(23(2)3,24(4)5)25(6)7/h15,17,21,23-25,28-29H,1,16,18-20,22H2,2-14H3/b26-17+,27-21+/t28-,29-,35-,36-/m0/s1. The van der Waals surface area contributed by atoms with E-state index < -0.39 is 31.7 Å². The largest absolute Gasteiger partial charge is 0.538 e. The molecule has 0 radical (unpaired) electrons. The first-order valence-electron chi connectivity index (χ1n) is 16.4. The van der Waals surface area contributed by atoms with Crippen molar-refractivity contribution in [2.45, 2.75) is 130 Å². The lowest BCUT2D eigenvalue weighted by Gasteiger charge is -2.42. The van der Waals surface area contributed by atoms with Crippen molar-refractivity contribution in [2.24, 2.45) is 11.3 Å². The van der Waals surface area contributed by atoms with Gasteiger partial charge in [0.1, 0.15) is 11.5 Å². The number of ketones is 1. The summed E-state index contributed by atoms with van der Waals surface area (Å²) in [5, 5.41) is 0. The third-order valence-electron chi connectivity index (χ3n) is 9.92. The first-order chi connectivity index (χ1) is 20.8. The lowest BCUT2D eigenvalue weighted by atomic mass is 9.74. The van der Waals surface area contributed by atoms with E-state index in [9.17, 15) is 14.4 Å². The van der Waals surface area contributed by atoms with Crippen LogP contribution in [0.4, 0.5) is 4.79 Å². The van der Waals surface area contributed by atoms with E-state index in [1.165, 1.54) is 17.6 Å². The third kappa shape index (κ3) is 8.39. The highest BCUT2D eigenvalue weighted by Gasteiger charge is 2.60. The summed E-state index contributed by atoms with van der Waals surface area (Å²) in [7, 11) is 1.75. The molecule has 1 fully saturated rings. The summed E-state index contributed by atoms with van der Waals surface area (Å²) >= 11 is 0. The number of allylic oxidation sites excluding steroid dienone is 5. The lowest BCUT2D eigenvalue weighted by Crippen LogP contribution is -2.48. The van der Waals surface area contributed by atoms with Gasteiger partial charge in [0.25, 0.3) is 8.32 Å². The van der Waals surface area contributed by atoms with Crippen molar-refractivity contribution in [2.75, 3.05) is 21.2 Å². The van der Waals surface area contributed by atoms with Crippen LogP contribution in [0, 0.1) is 11.3 Å². The number of epoxide rings is 1. The van der Waals surface area contributed by atoms with Crippen LogP contribution in [0.25, 0.3) is 0 Å². The molecule has 2 rings (SSSR count). The van der Waals surface area contributed by atoms with Crippen molar-refractivity contribution in [1.82, 2.24) is 4.90 Å². The van der Waals surface area contributed by atoms with E-state index in [0.717, 1.165) is 31.3 Å². The van der Waals surface area contributed by atoms with Crippen molar-refractivity contribution in [3.63, 3.8) is 0 Å². The Labute approximate surface area is 273 Å². The molecule has 254 valence electrons. The Hall–Kier alpha value is -2.65. The van der Waals surface area contributed by atoms with Crippen LogP contribution < -0.4 is 0 Å². The van der Waals surface area contributed by atoms with Crippen molar-refractivity contribution in [1.29, 1.82) is 0 Å². The summed E-state index contributed by atoms with van der Waals surface area (Å²) in [5.74, 6) is -2.11. The van der Waals surface area contributed by atoms with E-state index in [1.807, 2.05) is 19.1 Å². The lowest BCUT2D eigenvalue weighted by molar-refractivity contribution is -0.151. The topological polar surface area (TPSA) is 94.7 Å². The van der Waals surface area contributed by atoms with E-state index in [2.05, 4.69) is 68.0 Å². The molecule has 1 aliphatic heterocycles. The zero-order valence-corrected chi connectivity index (χ0v) is 31.2. The smallest absolute Gasteiger partial charge is 0.414 e. The molecule has 0 aromatic carbocycles. The zero-order chi connectivity index (χ0) is 34.5. The molecule has 0 N–H and O–H groups in total. The highest BCUT2D eigenvalue weighted by molar-refractivity contribution is 6.78. The van der Waals surface area contributed by atoms with Crippen LogP contribution in [0.1, 0.15) is 101 Å². The Morgan fingerprint density at radius 1 is 1.00 bits per heavy atom. The van der Waals surface area contributed by atoms with Gasteiger partial charge in [-0.05, 0) is 69.5 Å². The second kappa shape index (κ2) is 15.3. The van der Waals surface area contributed by atoms with E-state index in [4.69, 9.17) is 18.6 Å². The maximum atomic E-state index is 14.5. The number of ether oxygens (including phenoxy) is 3. The quantitative estimate of drug-likeness (QED) is 0.0717. The van der Waals surface area contributed by atoms with Crippen LogP contribution in [0.5, 0.6) is 0 Å². The number of esters is 1. The molecule has 1 heterocycles. The molecule has 0 spiro atoms. The summed E-state index contributed by atoms with van der Waals surface area (Å²) in [4.78, 5) is 42.0.